The van der Waals surface area contributed by atoms with Gasteiger partial charge in [0.25, 0.3) is 0 Å². The number of aryl methyl sites for hydroxylation is 1. The van der Waals surface area contributed by atoms with Gasteiger partial charge in [-0.15, -0.1) is 0 Å². The molecule has 4 nitrogen and oxygen atoms in total. The van der Waals surface area contributed by atoms with Crippen LogP contribution in [0.4, 0.5) is 0 Å². The highest BCUT2D eigenvalue weighted by Gasteiger charge is 2.24. The van der Waals surface area contributed by atoms with E-state index in [1.54, 1.807) is 6.08 Å². The fourth-order valence-corrected chi connectivity index (χ4v) is 3.20. The Labute approximate surface area is 177 Å². The number of hydrogen-bond donors (Lipinski definition) is 0. The quantitative estimate of drug-likeness (QED) is 0.373. The van der Waals surface area contributed by atoms with Gasteiger partial charge >= 0.3 is 5.97 Å². The van der Waals surface area contributed by atoms with E-state index in [1.165, 1.54) is 0 Å². The maximum atomic E-state index is 12.3. The van der Waals surface area contributed by atoms with E-state index in [0.29, 0.717) is 12.5 Å². The van der Waals surface area contributed by atoms with Gasteiger partial charge in [-0.25, -0.2) is 9.79 Å². The summed E-state index contributed by atoms with van der Waals surface area (Å²) < 4.78 is 12.3. The van der Waals surface area contributed by atoms with Crippen molar-refractivity contribution < 1.29 is 14.3 Å². The number of halogens is 1. The average molecular weight is 448 g/mol. The molecule has 0 saturated heterocycles. The van der Waals surface area contributed by atoms with Gasteiger partial charge in [-0.05, 0) is 60.0 Å². The van der Waals surface area contributed by atoms with Crippen molar-refractivity contribution in [3.8, 4) is 5.75 Å². The summed E-state index contributed by atoms with van der Waals surface area (Å²) in [4.78, 5) is 16.6. The molecule has 0 atom stereocenters. The topological polar surface area (TPSA) is 47.9 Å². The number of aliphatic imine (C=N–C) groups is 1. The van der Waals surface area contributed by atoms with Crippen molar-refractivity contribution in [1.29, 1.82) is 0 Å². The van der Waals surface area contributed by atoms with Crippen molar-refractivity contribution in [2.24, 2.45) is 4.99 Å². The molecule has 0 saturated carbocycles. The van der Waals surface area contributed by atoms with Gasteiger partial charge in [-0.3, -0.25) is 0 Å². The summed E-state index contributed by atoms with van der Waals surface area (Å²) >= 11 is 3.42. The maximum absolute atomic E-state index is 12.3. The summed E-state index contributed by atoms with van der Waals surface area (Å²) in [6.07, 6.45) is 1.71. The highest BCUT2D eigenvalue weighted by molar-refractivity contribution is 9.10. The van der Waals surface area contributed by atoms with Crippen molar-refractivity contribution in [1.82, 2.24) is 0 Å². The molecule has 3 aromatic rings. The number of hydrogen-bond acceptors (Lipinski definition) is 4. The molecule has 0 aromatic heterocycles. The van der Waals surface area contributed by atoms with Crippen LogP contribution in [-0.4, -0.2) is 11.9 Å². The van der Waals surface area contributed by atoms with Gasteiger partial charge < -0.3 is 9.47 Å². The molecule has 3 aromatic carbocycles. The zero-order valence-corrected chi connectivity index (χ0v) is 17.3. The van der Waals surface area contributed by atoms with Crippen molar-refractivity contribution >= 4 is 33.9 Å². The molecular formula is C24H18BrNO3. The number of esters is 1. The highest BCUT2D eigenvalue weighted by Crippen LogP contribution is 2.23. The predicted octanol–water partition coefficient (Wildman–Crippen LogP) is 5.68. The number of nitrogens with zero attached hydrogens (tertiary/aromatic N) is 1. The minimum Gasteiger partial charge on any atom is -0.489 e. The fourth-order valence-electron chi connectivity index (χ4n) is 2.94. The van der Waals surface area contributed by atoms with Crippen LogP contribution < -0.4 is 4.74 Å². The Hall–Kier alpha value is -3.18. The van der Waals surface area contributed by atoms with E-state index in [-0.39, 0.29) is 5.70 Å². The lowest BCUT2D eigenvalue weighted by atomic mass is 10.1. The first kappa shape index (κ1) is 19.2. The summed E-state index contributed by atoms with van der Waals surface area (Å²) in [6.45, 7) is 2.42. The first-order valence-corrected chi connectivity index (χ1v) is 9.94. The van der Waals surface area contributed by atoms with Gasteiger partial charge in [-0.1, -0.05) is 58.4 Å². The van der Waals surface area contributed by atoms with Crippen LogP contribution in [0.3, 0.4) is 0 Å². The Bertz CT molecular complexity index is 1120. The molecule has 0 spiro atoms. The molecule has 144 valence electrons. The Morgan fingerprint density at radius 2 is 1.83 bits per heavy atom. The zero-order valence-electron chi connectivity index (χ0n) is 15.8. The Balaban J connectivity index is 1.52. The van der Waals surface area contributed by atoms with E-state index >= 15 is 0 Å². The van der Waals surface area contributed by atoms with E-state index in [9.17, 15) is 4.79 Å². The molecule has 0 unspecified atom stereocenters. The highest BCUT2D eigenvalue weighted by atomic mass is 79.9. The van der Waals surface area contributed by atoms with E-state index in [1.807, 2.05) is 79.7 Å². The van der Waals surface area contributed by atoms with Gasteiger partial charge in [0.05, 0.1) is 0 Å². The number of benzene rings is 3. The summed E-state index contributed by atoms with van der Waals surface area (Å²) in [7, 11) is 0. The standard InChI is InChI=1S/C24H18BrNO3/c1-16-5-2-3-8-21(16)23-26-22(24(27)29-23)14-18-6-4-7-20(13-18)28-15-17-9-11-19(25)12-10-17/h2-14H,15H2,1H3/b22-14-. The summed E-state index contributed by atoms with van der Waals surface area (Å²) in [5.74, 6) is 0.600. The SMILES string of the molecule is Cc1ccccc1C1=N/C(=C\c2cccc(OCc3ccc(Br)cc3)c2)C(=O)O1. The number of ether oxygens (including phenoxy) is 2. The molecule has 0 amide bonds. The van der Waals surface area contributed by atoms with Gasteiger partial charge in [0.15, 0.2) is 5.70 Å². The molecule has 0 radical (unpaired) electrons. The first-order chi connectivity index (χ1) is 14.1. The molecular weight excluding hydrogens is 430 g/mol. The third-order valence-electron chi connectivity index (χ3n) is 4.48. The monoisotopic (exact) mass is 447 g/mol. The Morgan fingerprint density at radius 1 is 1.03 bits per heavy atom. The summed E-state index contributed by atoms with van der Waals surface area (Å²) in [5, 5.41) is 0. The smallest absolute Gasteiger partial charge is 0.363 e. The summed E-state index contributed by atoms with van der Waals surface area (Å²) in [5.41, 5.74) is 3.98. The molecule has 0 fully saturated rings. The van der Waals surface area contributed by atoms with E-state index in [4.69, 9.17) is 9.47 Å². The normalized spacial score (nSPS) is 14.6. The number of cyclic esters (lactones) is 1. The third kappa shape index (κ3) is 4.63. The van der Waals surface area contributed by atoms with Crippen molar-refractivity contribution in [3.63, 3.8) is 0 Å². The van der Waals surface area contributed by atoms with Crippen molar-refractivity contribution in [2.45, 2.75) is 13.5 Å². The van der Waals surface area contributed by atoms with Crippen LogP contribution in [0.1, 0.15) is 22.3 Å². The van der Waals surface area contributed by atoms with Gasteiger partial charge in [0, 0.05) is 10.0 Å². The largest absolute Gasteiger partial charge is 0.489 e. The number of carbonyl (C=O) groups excluding carboxylic acids is 1. The lowest BCUT2D eigenvalue weighted by molar-refractivity contribution is -0.129. The zero-order chi connectivity index (χ0) is 20.2. The van der Waals surface area contributed by atoms with Crippen LogP contribution in [-0.2, 0) is 16.1 Å². The van der Waals surface area contributed by atoms with Crippen molar-refractivity contribution in [3.05, 3.63) is 105 Å². The fraction of sp³-hybridized carbons (Fsp3) is 0.0833. The van der Waals surface area contributed by atoms with Gasteiger partial charge in [-0.2, -0.15) is 0 Å². The molecule has 5 heteroatoms. The first-order valence-electron chi connectivity index (χ1n) is 9.14. The molecule has 4 rings (SSSR count). The second-order valence-corrected chi connectivity index (χ2v) is 7.55. The van der Waals surface area contributed by atoms with Crippen molar-refractivity contribution in [2.75, 3.05) is 0 Å². The minimum absolute atomic E-state index is 0.272. The van der Waals surface area contributed by atoms with Gasteiger partial charge in [0.1, 0.15) is 12.4 Å². The second kappa shape index (κ2) is 8.45. The molecule has 1 heterocycles. The molecule has 1 aliphatic rings. The molecule has 0 N–H and O–H groups in total. The molecule has 1 aliphatic heterocycles. The van der Waals surface area contributed by atoms with Gasteiger partial charge in [0.2, 0.25) is 5.90 Å². The predicted molar refractivity (Wildman–Crippen MR) is 117 cm³/mol. The van der Waals surface area contributed by atoms with Crippen LogP contribution in [0.15, 0.2) is 88.0 Å². The van der Waals surface area contributed by atoms with Crippen LogP contribution in [0, 0.1) is 6.92 Å². The third-order valence-corrected chi connectivity index (χ3v) is 5.00. The lowest BCUT2D eigenvalue weighted by Crippen LogP contribution is -2.06. The molecule has 0 bridgehead atoms. The van der Waals surface area contributed by atoms with Crippen LogP contribution in [0.25, 0.3) is 6.08 Å². The lowest BCUT2D eigenvalue weighted by Gasteiger charge is -2.07. The van der Waals surface area contributed by atoms with E-state index < -0.39 is 5.97 Å². The molecule has 0 aliphatic carbocycles. The maximum Gasteiger partial charge on any atom is 0.363 e. The number of rotatable bonds is 5. The van der Waals surface area contributed by atoms with Crippen LogP contribution in [0.2, 0.25) is 0 Å². The minimum atomic E-state index is -0.454. The second-order valence-electron chi connectivity index (χ2n) is 6.64. The Morgan fingerprint density at radius 3 is 2.62 bits per heavy atom. The number of carbonyl (C=O) groups is 1. The summed E-state index contributed by atoms with van der Waals surface area (Å²) in [6, 6.07) is 23.2. The molecule has 29 heavy (non-hydrogen) atoms. The van der Waals surface area contributed by atoms with Crippen LogP contribution in [0.5, 0.6) is 5.75 Å². The van der Waals surface area contributed by atoms with E-state index in [0.717, 1.165) is 32.5 Å². The van der Waals surface area contributed by atoms with E-state index in [2.05, 4.69) is 20.9 Å². The average Bonchev–Trinajstić information content (AvgIpc) is 3.08. The van der Waals surface area contributed by atoms with Crippen LogP contribution >= 0.6 is 15.9 Å². The Kier molecular flexibility index (Phi) is 5.58.